The van der Waals surface area contributed by atoms with Crippen LogP contribution in [0.4, 0.5) is 5.82 Å². The van der Waals surface area contributed by atoms with Crippen LogP contribution in [-0.4, -0.2) is 34.8 Å². The number of anilines is 1. The predicted molar refractivity (Wildman–Crippen MR) is 104 cm³/mol. The first-order chi connectivity index (χ1) is 13.3. The van der Waals surface area contributed by atoms with Gasteiger partial charge >= 0.3 is 0 Å². The van der Waals surface area contributed by atoms with Gasteiger partial charge in [0.2, 0.25) is 0 Å². The van der Waals surface area contributed by atoms with Crippen LogP contribution >= 0.6 is 0 Å². The van der Waals surface area contributed by atoms with Crippen LogP contribution in [0.3, 0.4) is 0 Å². The summed E-state index contributed by atoms with van der Waals surface area (Å²) in [5.74, 6) is 1.52. The van der Waals surface area contributed by atoms with Crippen molar-refractivity contribution in [2.24, 2.45) is 5.92 Å². The van der Waals surface area contributed by atoms with Gasteiger partial charge in [-0.3, -0.25) is 4.98 Å². The second kappa shape index (κ2) is 7.94. The van der Waals surface area contributed by atoms with E-state index < -0.39 is 0 Å². The lowest BCUT2D eigenvalue weighted by molar-refractivity contribution is 0.381. The van der Waals surface area contributed by atoms with Crippen molar-refractivity contribution in [2.45, 2.75) is 6.54 Å². The number of pyridine rings is 1. The molecule has 1 saturated heterocycles. The van der Waals surface area contributed by atoms with Gasteiger partial charge in [0, 0.05) is 50.1 Å². The first kappa shape index (κ1) is 17.1. The van der Waals surface area contributed by atoms with E-state index in [2.05, 4.69) is 31.5 Å². The number of nitrogens with zero attached hydrogens (tertiary/aromatic N) is 5. The lowest BCUT2D eigenvalue weighted by Gasteiger charge is -2.40. The number of nitriles is 1. The Morgan fingerprint density at radius 2 is 1.93 bits per heavy atom. The largest absolute Gasteiger partial charge is 0.354 e. The molecule has 0 aliphatic carbocycles. The van der Waals surface area contributed by atoms with E-state index in [0.717, 1.165) is 48.8 Å². The van der Waals surface area contributed by atoms with Gasteiger partial charge in [0.25, 0.3) is 0 Å². The van der Waals surface area contributed by atoms with E-state index >= 15 is 0 Å². The standard InChI is InChI=1S/C21H20N6/c22-11-16-2-1-3-17(10-16)12-24-13-18-14-27(15-18)21-5-4-20(25-26-21)19-6-8-23-9-7-19/h1-10,18,24H,12-15H2. The van der Waals surface area contributed by atoms with Crippen molar-refractivity contribution in [2.75, 3.05) is 24.5 Å². The molecule has 6 heteroatoms. The maximum Gasteiger partial charge on any atom is 0.151 e. The van der Waals surface area contributed by atoms with Gasteiger partial charge in [-0.1, -0.05) is 12.1 Å². The molecule has 0 bridgehead atoms. The van der Waals surface area contributed by atoms with Gasteiger partial charge in [-0.05, 0) is 42.0 Å². The molecule has 0 spiro atoms. The summed E-state index contributed by atoms with van der Waals surface area (Å²) in [5.41, 5.74) is 3.73. The van der Waals surface area contributed by atoms with Crippen LogP contribution in [0.1, 0.15) is 11.1 Å². The number of aromatic nitrogens is 3. The first-order valence-electron chi connectivity index (χ1n) is 9.00. The second-order valence-corrected chi connectivity index (χ2v) is 6.73. The summed E-state index contributed by atoms with van der Waals surface area (Å²) < 4.78 is 0. The molecule has 1 aromatic carbocycles. The highest BCUT2D eigenvalue weighted by molar-refractivity contribution is 5.59. The Morgan fingerprint density at radius 1 is 1.07 bits per heavy atom. The Balaban J connectivity index is 1.24. The molecule has 1 aliphatic heterocycles. The zero-order chi connectivity index (χ0) is 18.5. The van der Waals surface area contributed by atoms with Crippen molar-refractivity contribution in [3.05, 3.63) is 72.1 Å². The molecule has 1 N–H and O–H groups in total. The third kappa shape index (κ3) is 4.10. The van der Waals surface area contributed by atoms with Gasteiger partial charge in [-0.15, -0.1) is 10.2 Å². The zero-order valence-electron chi connectivity index (χ0n) is 14.9. The lowest BCUT2D eigenvalue weighted by Crippen LogP contribution is -2.51. The summed E-state index contributed by atoms with van der Waals surface area (Å²) in [4.78, 5) is 6.27. The summed E-state index contributed by atoms with van der Waals surface area (Å²) in [6.07, 6.45) is 3.52. The lowest BCUT2D eigenvalue weighted by atomic mass is 10.00. The van der Waals surface area contributed by atoms with Gasteiger partial charge in [-0.25, -0.2) is 0 Å². The Kier molecular flexibility index (Phi) is 5.04. The molecule has 134 valence electrons. The zero-order valence-corrected chi connectivity index (χ0v) is 14.9. The molecule has 27 heavy (non-hydrogen) atoms. The molecule has 1 aliphatic rings. The van der Waals surface area contributed by atoms with Crippen LogP contribution in [-0.2, 0) is 6.54 Å². The molecule has 0 saturated carbocycles. The van der Waals surface area contributed by atoms with Gasteiger partial charge in [0.1, 0.15) is 0 Å². The molecular formula is C21H20N6. The van der Waals surface area contributed by atoms with Crippen molar-refractivity contribution in [1.29, 1.82) is 5.26 Å². The third-order valence-electron chi connectivity index (χ3n) is 4.73. The Labute approximate surface area is 158 Å². The van der Waals surface area contributed by atoms with Crippen LogP contribution in [0, 0.1) is 17.2 Å². The Bertz CT molecular complexity index is 927. The van der Waals surface area contributed by atoms with E-state index in [1.54, 1.807) is 12.4 Å². The van der Waals surface area contributed by atoms with Crippen LogP contribution in [0.2, 0.25) is 0 Å². The average Bonchev–Trinajstić information content (AvgIpc) is 2.71. The summed E-state index contributed by atoms with van der Waals surface area (Å²) in [6, 6.07) is 17.8. The summed E-state index contributed by atoms with van der Waals surface area (Å²) in [7, 11) is 0. The number of benzene rings is 1. The monoisotopic (exact) mass is 356 g/mol. The Hall–Kier alpha value is -3.30. The summed E-state index contributed by atoms with van der Waals surface area (Å²) in [5, 5.41) is 21.1. The van der Waals surface area contributed by atoms with Gasteiger partial charge in [0.05, 0.1) is 17.3 Å². The van der Waals surface area contributed by atoms with Gasteiger partial charge < -0.3 is 10.2 Å². The molecule has 4 rings (SSSR count). The first-order valence-corrected chi connectivity index (χ1v) is 9.00. The van der Waals surface area contributed by atoms with Crippen LogP contribution < -0.4 is 10.2 Å². The molecule has 3 aromatic rings. The summed E-state index contributed by atoms with van der Waals surface area (Å²) in [6.45, 7) is 3.70. The van der Waals surface area contributed by atoms with Crippen molar-refractivity contribution < 1.29 is 0 Å². The van der Waals surface area contributed by atoms with Crippen molar-refractivity contribution in [1.82, 2.24) is 20.5 Å². The van der Waals surface area contributed by atoms with E-state index in [4.69, 9.17) is 5.26 Å². The average molecular weight is 356 g/mol. The predicted octanol–water partition coefficient (Wildman–Crippen LogP) is 2.64. The highest BCUT2D eigenvalue weighted by Gasteiger charge is 2.27. The Morgan fingerprint density at radius 3 is 2.67 bits per heavy atom. The van der Waals surface area contributed by atoms with E-state index in [-0.39, 0.29) is 0 Å². The van der Waals surface area contributed by atoms with Gasteiger partial charge in [-0.2, -0.15) is 5.26 Å². The van der Waals surface area contributed by atoms with Crippen molar-refractivity contribution in [3.63, 3.8) is 0 Å². The minimum Gasteiger partial charge on any atom is -0.354 e. The number of rotatable bonds is 6. The maximum absolute atomic E-state index is 8.95. The number of hydrogen-bond acceptors (Lipinski definition) is 6. The fraction of sp³-hybridized carbons (Fsp3) is 0.238. The van der Waals surface area contributed by atoms with E-state index in [9.17, 15) is 0 Å². The minimum atomic E-state index is 0.603. The maximum atomic E-state index is 8.95. The molecule has 3 heterocycles. The van der Waals surface area contributed by atoms with E-state index in [1.165, 1.54) is 0 Å². The third-order valence-corrected chi connectivity index (χ3v) is 4.73. The summed E-state index contributed by atoms with van der Waals surface area (Å²) >= 11 is 0. The smallest absolute Gasteiger partial charge is 0.151 e. The minimum absolute atomic E-state index is 0.603. The van der Waals surface area contributed by atoms with Crippen LogP contribution in [0.5, 0.6) is 0 Å². The molecule has 0 amide bonds. The van der Waals surface area contributed by atoms with Crippen LogP contribution in [0.25, 0.3) is 11.3 Å². The fourth-order valence-corrected chi connectivity index (χ4v) is 3.23. The van der Waals surface area contributed by atoms with Crippen molar-refractivity contribution in [3.8, 4) is 17.3 Å². The molecule has 6 nitrogen and oxygen atoms in total. The molecular weight excluding hydrogens is 336 g/mol. The van der Waals surface area contributed by atoms with Gasteiger partial charge in [0.15, 0.2) is 5.82 Å². The topological polar surface area (TPSA) is 77.7 Å². The quantitative estimate of drug-likeness (QED) is 0.732. The normalized spacial score (nSPS) is 13.8. The molecule has 2 aromatic heterocycles. The molecule has 0 atom stereocenters. The molecule has 1 fully saturated rings. The van der Waals surface area contributed by atoms with Crippen molar-refractivity contribution >= 4 is 5.82 Å². The fourth-order valence-electron chi connectivity index (χ4n) is 3.23. The SMILES string of the molecule is N#Cc1cccc(CNCC2CN(c3ccc(-c4ccncc4)nn3)C2)c1. The number of nitrogens with one attached hydrogen (secondary N) is 1. The highest BCUT2D eigenvalue weighted by atomic mass is 15.3. The van der Waals surface area contributed by atoms with Crippen LogP contribution in [0.15, 0.2) is 60.9 Å². The number of hydrogen-bond donors (Lipinski definition) is 1. The highest BCUT2D eigenvalue weighted by Crippen LogP contribution is 2.23. The van der Waals surface area contributed by atoms with E-state index in [1.807, 2.05) is 48.5 Å². The second-order valence-electron chi connectivity index (χ2n) is 6.73. The molecule has 0 unspecified atom stereocenters. The van der Waals surface area contributed by atoms with E-state index in [0.29, 0.717) is 11.5 Å². The molecule has 0 radical (unpaired) electrons.